The molecule has 28 heavy (non-hydrogen) atoms. The van der Waals surface area contributed by atoms with Crippen LogP contribution in [0.15, 0.2) is 54.6 Å². The molecule has 0 aromatic heterocycles. The van der Waals surface area contributed by atoms with E-state index in [0.29, 0.717) is 18.4 Å². The normalized spacial score (nSPS) is 23.9. The Balaban J connectivity index is 1.42. The molecule has 3 atom stereocenters. The van der Waals surface area contributed by atoms with Crippen molar-refractivity contribution >= 4 is 17.7 Å². The zero-order chi connectivity index (χ0) is 19.7. The predicted molar refractivity (Wildman–Crippen MR) is 99.8 cm³/mol. The van der Waals surface area contributed by atoms with Gasteiger partial charge in [0.15, 0.2) is 0 Å². The Morgan fingerprint density at radius 1 is 1.11 bits per heavy atom. The van der Waals surface area contributed by atoms with Crippen molar-refractivity contribution in [3.63, 3.8) is 0 Å². The van der Waals surface area contributed by atoms with Crippen LogP contribution in [0.1, 0.15) is 22.3 Å². The monoisotopic (exact) mass is 381 g/mol. The molecule has 2 aromatic rings. The van der Waals surface area contributed by atoms with Crippen molar-refractivity contribution in [2.24, 2.45) is 0 Å². The van der Waals surface area contributed by atoms with E-state index in [0.717, 1.165) is 5.56 Å². The molecule has 144 valence electrons. The Bertz CT molecular complexity index is 901. The molecule has 2 saturated heterocycles. The number of nitrogens with one attached hydrogen (secondary N) is 2. The van der Waals surface area contributed by atoms with Crippen LogP contribution < -0.4 is 10.6 Å². The number of carbonyl (C=O) groups excluding carboxylic acids is 3. The molecule has 2 N–H and O–H groups in total. The number of rotatable bonds is 4. The highest BCUT2D eigenvalue weighted by Crippen LogP contribution is 2.24. The maximum absolute atomic E-state index is 13.0. The van der Waals surface area contributed by atoms with Gasteiger partial charge in [0.25, 0.3) is 5.91 Å². The van der Waals surface area contributed by atoms with Crippen molar-refractivity contribution < 1.29 is 18.8 Å². The van der Waals surface area contributed by atoms with Crippen LogP contribution in [0.25, 0.3) is 0 Å². The minimum Gasteiger partial charge on any atom is -0.347 e. The molecule has 7 heteroatoms. The molecule has 0 unspecified atom stereocenters. The minimum absolute atomic E-state index is 0.132. The van der Waals surface area contributed by atoms with Crippen LogP contribution in [0.5, 0.6) is 0 Å². The lowest BCUT2D eigenvalue weighted by Gasteiger charge is -2.34. The van der Waals surface area contributed by atoms with E-state index >= 15 is 0 Å². The second kappa shape index (κ2) is 7.42. The summed E-state index contributed by atoms with van der Waals surface area (Å²) in [5, 5.41) is 5.65. The van der Waals surface area contributed by atoms with Crippen LogP contribution in [0, 0.1) is 5.82 Å². The molecule has 2 aliphatic heterocycles. The van der Waals surface area contributed by atoms with E-state index in [-0.39, 0.29) is 30.3 Å². The SMILES string of the molecule is O=C(N[C@H]1C[C@H]2C(=O)N[C@@H](Cc3ccccc3)C(=O)N2C1)c1ccc(F)cc1. The lowest BCUT2D eigenvalue weighted by Crippen LogP contribution is -2.61. The van der Waals surface area contributed by atoms with Gasteiger partial charge >= 0.3 is 0 Å². The Labute approximate surface area is 161 Å². The standard InChI is InChI=1S/C21H20FN3O3/c22-15-8-6-14(7-9-15)19(26)23-16-11-18-20(27)24-17(21(28)25(18)12-16)10-13-4-2-1-3-5-13/h1-9,16-18H,10-12H2,(H,23,26)(H,24,27)/t16-,17-,18-/m0/s1. The van der Waals surface area contributed by atoms with Gasteiger partial charge in [0.1, 0.15) is 17.9 Å². The quantitative estimate of drug-likeness (QED) is 0.837. The molecule has 2 fully saturated rings. The van der Waals surface area contributed by atoms with Gasteiger partial charge in [0.05, 0.1) is 0 Å². The molecule has 2 heterocycles. The van der Waals surface area contributed by atoms with Gasteiger partial charge in [-0.1, -0.05) is 30.3 Å². The second-order valence-electron chi connectivity index (χ2n) is 7.17. The fraction of sp³-hybridized carbons (Fsp3) is 0.286. The second-order valence-corrected chi connectivity index (χ2v) is 7.17. The molecule has 2 aliphatic rings. The van der Waals surface area contributed by atoms with E-state index in [9.17, 15) is 18.8 Å². The lowest BCUT2D eigenvalue weighted by molar-refractivity contribution is -0.147. The fourth-order valence-corrected chi connectivity index (χ4v) is 3.82. The number of fused-ring (bicyclic) bond motifs is 1. The van der Waals surface area contributed by atoms with E-state index in [4.69, 9.17) is 0 Å². The van der Waals surface area contributed by atoms with E-state index < -0.39 is 17.9 Å². The van der Waals surface area contributed by atoms with Crippen molar-refractivity contribution in [2.75, 3.05) is 6.54 Å². The number of hydrogen-bond acceptors (Lipinski definition) is 3. The first-order valence-electron chi connectivity index (χ1n) is 9.22. The van der Waals surface area contributed by atoms with Crippen molar-refractivity contribution in [1.82, 2.24) is 15.5 Å². The third kappa shape index (κ3) is 3.60. The topological polar surface area (TPSA) is 78.5 Å². The smallest absolute Gasteiger partial charge is 0.251 e. The summed E-state index contributed by atoms with van der Waals surface area (Å²) < 4.78 is 13.0. The molecule has 0 bridgehead atoms. The van der Waals surface area contributed by atoms with Gasteiger partial charge in [-0.25, -0.2) is 4.39 Å². The van der Waals surface area contributed by atoms with E-state index in [1.165, 1.54) is 24.3 Å². The van der Waals surface area contributed by atoms with Gasteiger partial charge < -0.3 is 15.5 Å². The van der Waals surface area contributed by atoms with Crippen LogP contribution in [0.3, 0.4) is 0 Å². The summed E-state index contributed by atoms with van der Waals surface area (Å²) in [6.45, 7) is 0.287. The predicted octanol–water partition coefficient (Wildman–Crippen LogP) is 1.27. The Morgan fingerprint density at radius 3 is 2.54 bits per heavy atom. The summed E-state index contributed by atoms with van der Waals surface area (Å²) in [6.07, 6.45) is 0.795. The molecule has 0 spiro atoms. The average molecular weight is 381 g/mol. The van der Waals surface area contributed by atoms with E-state index in [1.54, 1.807) is 4.90 Å². The van der Waals surface area contributed by atoms with Crippen LogP contribution in [0.4, 0.5) is 4.39 Å². The Hall–Kier alpha value is -3.22. The third-order valence-electron chi connectivity index (χ3n) is 5.23. The summed E-state index contributed by atoms with van der Waals surface area (Å²) in [5.41, 5.74) is 1.31. The number of amides is 3. The average Bonchev–Trinajstić information content (AvgIpc) is 3.12. The molecular weight excluding hydrogens is 361 g/mol. The first-order chi connectivity index (χ1) is 13.5. The number of benzene rings is 2. The zero-order valence-electron chi connectivity index (χ0n) is 15.1. The van der Waals surface area contributed by atoms with Crippen molar-refractivity contribution in [1.29, 1.82) is 0 Å². The highest BCUT2D eigenvalue weighted by Gasteiger charge is 2.46. The number of piperazine rings is 1. The Kier molecular flexibility index (Phi) is 4.81. The van der Waals surface area contributed by atoms with Gasteiger partial charge in [-0.3, -0.25) is 14.4 Å². The maximum atomic E-state index is 13.0. The summed E-state index contributed by atoms with van der Waals surface area (Å²) >= 11 is 0. The van der Waals surface area contributed by atoms with Gasteiger partial charge in [0, 0.05) is 24.6 Å². The molecule has 0 aliphatic carbocycles. The van der Waals surface area contributed by atoms with Crippen LogP contribution >= 0.6 is 0 Å². The number of halogens is 1. The summed E-state index contributed by atoms with van der Waals surface area (Å²) in [5.74, 6) is -1.09. The molecular formula is C21H20FN3O3. The lowest BCUT2D eigenvalue weighted by atomic mass is 10.0. The van der Waals surface area contributed by atoms with Gasteiger partial charge in [0.2, 0.25) is 11.8 Å². The fourth-order valence-electron chi connectivity index (χ4n) is 3.82. The molecule has 0 radical (unpaired) electrons. The number of nitrogens with zero attached hydrogens (tertiary/aromatic N) is 1. The van der Waals surface area contributed by atoms with E-state index in [1.807, 2.05) is 30.3 Å². The van der Waals surface area contributed by atoms with Crippen molar-refractivity contribution in [2.45, 2.75) is 31.0 Å². The molecule has 0 saturated carbocycles. The van der Waals surface area contributed by atoms with Crippen molar-refractivity contribution in [3.05, 3.63) is 71.5 Å². The first-order valence-corrected chi connectivity index (χ1v) is 9.22. The number of hydrogen-bond donors (Lipinski definition) is 2. The maximum Gasteiger partial charge on any atom is 0.251 e. The molecule has 4 rings (SSSR count). The summed E-state index contributed by atoms with van der Waals surface area (Å²) in [7, 11) is 0. The van der Waals surface area contributed by atoms with E-state index in [2.05, 4.69) is 10.6 Å². The minimum atomic E-state index is -0.599. The number of carbonyl (C=O) groups is 3. The van der Waals surface area contributed by atoms with Crippen LogP contribution in [-0.2, 0) is 16.0 Å². The molecule has 3 amide bonds. The third-order valence-corrected chi connectivity index (χ3v) is 5.23. The van der Waals surface area contributed by atoms with Crippen molar-refractivity contribution in [3.8, 4) is 0 Å². The highest BCUT2D eigenvalue weighted by molar-refractivity contribution is 5.98. The first kappa shape index (κ1) is 18.2. The molecule has 2 aromatic carbocycles. The highest BCUT2D eigenvalue weighted by atomic mass is 19.1. The zero-order valence-corrected chi connectivity index (χ0v) is 15.1. The summed E-state index contributed by atoms with van der Waals surface area (Å²) in [4.78, 5) is 39.3. The van der Waals surface area contributed by atoms with Gasteiger partial charge in [-0.2, -0.15) is 0 Å². The van der Waals surface area contributed by atoms with Crippen LogP contribution in [0.2, 0.25) is 0 Å². The molecule has 6 nitrogen and oxygen atoms in total. The largest absolute Gasteiger partial charge is 0.347 e. The summed E-state index contributed by atoms with van der Waals surface area (Å²) in [6, 6.07) is 13.3. The van der Waals surface area contributed by atoms with Gasteiger partial charge in [-0.15, -0.1) is 0 Å². The van der Waals surface area contributed by atoms with Crippen LogP contribution in [-0.4, -0.2) is 47.3 Å². The van der Waals surface area contributed by atoms with Gasteiger partial charge in [-0.05, 0) is 36.2 Å². The Morgan fingerprint density at radius 2 is 1.82 bits per heavy atom.